The average molecular weight is 236 g/mol. The van der Waals surface area contributed by atoms with E-state index in [9.17, 15) is 9.59 Å². The summed E-state index contributed by atoms with van der Waals surface area (Å²) in [6.45, 7) is 2.27. The SMILES string of the molecule is CC(=O)NCCNC(=O)Cc1ccc(N)cn1. The number of hydrogen-bond acceptors (Lipinski definition) is 4. The van der Waals surface area contributed by atoms with Gasteiger partial charge in [-0.15, -0.1) is 0 Å². The Morgan fingerprint density at radius 2 is 2.00 bits per heavy atom. The summed E-state index contributed by atoms with van der Waals surface area (Å²) in [5, 5.41) is 5.26. The van der Waals surface area contributed by atoms with Crippen LogP contribution in [0, 0.1) is 0 Å². The fourth-order valence-corrected chi connectivity index (χ4v) is 1.21. The molecule has 0 atom stereocenters. The van der Waals surface area contributed by atoms with Gasteiger partial charge < -0.3 is 16.4 Å². The van der Waals surface area contributed by atoms with Gasteiger partial charge in [0.25, 0.3) is 0 Å². The number of anilines is 1. The molecule has 0 saturated carbocycles. The smallest absolute Gasteiger partial charge is 0.226 e. The van der Waals surface area contributed by atoms with Crippen LogP contribution >= 0.6 is 0 Å². The molecule has 0 spiro atoms. The summed E-state index contributed by atoms with van der Waals surface area (Å²) >= 11 is 0. The highest BCUT2D eigenvalue weighted by Gasteiger charge is 2.03. The monoisotopic (exact) mass is 236 g/mol. The summed E-state index contributed by atoms with van der Waals surface area (Å²) in [6, 6.07) is 3.41. The Morgan fingerprint density at radius 3 is 2.59 bits per heavy atom. The van der Waals surface area contributed by atoms with Gasteiger partial charge in [0, 0.05) is 25.7 Å². The Balaban J connectivity index is 2.25. The summed E-state index contributed by atoms with van der Waals surface area (Å²) in [6.07, 6.45) is 1.72. The number of nitrogens with two attached hydrogens (primary N) is 1. The van der Waals surface area contributed by atoms with Crippen molar-refractivity contribution in [2.45, 2.75) is 13.3 Å². The summed E-state index contributed by atoms with van der Waals surface area (Å²) in [4.78, 5) is 26.0. The summed E-state index contributed by atoms with van der Waals surface area (Å²) < 4.78 is 0. The molecule has 4 N–H and O–H groups in total. The molecule has 92 valence electrons. The first-order valence-corrected chi connectivity index (χ1v) is 5.29. The van der Waals surface area contributed by atoms with Crippen LogP contribution in [0.25, 0.3) is 0 Å². The third kappa shape index (κ3) is 5.50. The van der Waals surface area contributed by atoms with Gasteiger partial charge >= 0.3 is 0 Å². The van der Waals surface area contributed by atoms with Gasteiger partial charge in [-0.25, -0.2) is 0 Å². The summed E-state index contributed by atoms with van der Waals surface area (Å²) in [7, 11) is 0. The van der Waals surface area contributed by atoms with Gasteiger partial charge in [0.2, 0.25) is 11.8 Å². The van der Waals surface area contributed by atoms with Crippen molar-refractivity contribution in [3.63, 3.8) is 0 Å². The molecule has 0 radical (unpaired) electrons. The Kier molecular flexibility index (Phi) is 4.93. The second-order valence-electron chi connectivity index (χ2n) is 3.59. The lowest BCUT2D eigenvalue weighted by Crippen LogP contribution is -2.34. The second kappa shape index (κ2) is 6.47. The fraction of sp³-hybridized carbons (Fsp3) is 0.364. The molecule has 0 fully saturated rings. The molecule has 0 aromatic carbocycles. The van der Waals surface area contributed by atoms with E-state index in [1.165, 1.54) is 13.1 Å². The predicted octanol–water partition coefficient (Wildman–Crippen LogP) is -0.541. The van der Waals surface area contributed by atoms with Crippen molar-refractivity contribution < 1.29 is 9.59 Å². The Labute approximate surface area is 99.6 Å². The van der Waals surface area contributed by atoms with E-state index in [4.69, 9.17) is 5.73 Å². The quantitative estimate of drug-likeness (QED) is 0.598. The third-order valence-corrected chi connectivity index (χ3v) is 2.01. The number of carbonyl (C=O) groups excluding carboxylic acids is 2. The van der Waals surface area contributed by atoms with Crippen molar-refractivity contribution in [1.82, 2.24) is 15.6 Å². The standard InChI is InChI=1S/C11H16N4O2/c1-8(16)13-4-5-14-11(17)6-10-3-2-9(12)7-15-10/h2-3,7H,4-6,12H2,1H3,(H,13,16)(H,14,17). The molecule has 0 aliphatic heterocycles. The number of pyridine rings is 1. The number of carbonyl (C=O) groups is 2. The highest BCUT2D eigenvalue weighted by Crippen LogP contribution is 2.01. The van der Waals surface area contributed by atoms with E-state index in [1.54, 1.807) is 12.1 Å². The van der Waals surface area contributed by atoms with Crippen molar-refractivity contribution in [3.05, 3.63) is 24.0 Å². The van der Waals surface area contributed by atoms with Crippen molar-refractivity contribution in [1.29, 1.82) is 0 Å². The van der Waals surface area contributed by atoms with Crippen LogP contribution in [0.1, 0.15) is 12.6 Å². The van der Waals surface area contributed by atoms with Crippen molar-refractivity contribution in [2.24, 2.45) is 0 Å². The van der Waals surface area contributed by atoms with Gasteiger partial charge in [-0.2, -0.15) is 0 Å². The van der Waals surface area contributed by atoms with Gasteiger partial charge in [-0.05, 0) is 12.1 Å². The average Bonchev–Trinajstić information content (AvgIpc) is 2.27. The molecule has 6 heteroatoms. The number of amides is 2. The molecule has 1 heterocycles. The zero-order valence-corrected chi connectivity index (χ0v) is 9.69. The molecule has 1 rings (SSSR count). The minimum atomic E-state index is -0.132. The number of nitrogens with zero attached hydrogens (tertiary/aromatic N) is 1. The third-order valence-electron chi connectivity index (χ3n) is 2.01. The molecule has 1 aromatic heterocycles. The van der Waals surface area contributed by atoms with E-state index in [-0.39, 0.29) is 18.2 Å². The Bertz CT molecular complexity index is 389. The van der Waals surface area contributed by atoms with Gasteiger partial charge in [-0.1, -0.05) is 0 Å². The largest absolute Gasteiger partial charge is 0.397 e. The van der Waals surface area contributed by atoms with E-state index in [2.05, 4.69) is 15.6 Å². The number of nitrogen functional groups attached to an aromatic ring is 1. The minimum Gasteiger partial charge on any atom is -0.397 e. The second-order valence-corrected chi connectivity index (χ2v) is 3.59. The maximum Gasteiger partial charge on any atom is 0.226 e. The number of rotatable bonds is 5. The van der Waals surface area contributed by atoms with Crippen LogP contribution < -0.4 is 16.4 Å². The van der Waals surface area contributed by atoms with Crippen LogP contribution in [-0.4, -0.2) is 29.9 Å². The highest BCUT2D eigenvalue weighted by molar-refractivity contribution is 5.78. The van der Waals surface area contributed by atoms with E-state index < -0.39 is 0 Å². The molecule has 1 aromatic rings. The maximum absolute atomic E-state index is 11.4. The Hall–Kier alpha value is -2.11. The van der Waals surface area contributed by atoms with E-state index in [1.807, 2.05) is 0 Å². The number of aromatic nitrogens is 1. The molecule has 0 aliphatic carbocycles. The van der Waals surface area contributed by atoms with Crippen LogP contribution in [0.4, 0.5) is 5.69 Å². The van der Waals surface area contributed by atoms with Crippen molar-refractivity contribution >= 4 is 17.5 Å². The van der Waals surface area contributed by atoms with Crippen LogP contribution in [0.15, 0.2) is 18.3 Å². The van der Waals surface area contributed by atoms with E-state index in [0.717, 1.165) is 0 Å². The molecule has 0 aliphatic rings. The van der Waals surface area contributed by atoms with Gasteiger partial charge in [-0.3, -0.25) is 14.6 Å². The highest BCUT2D eigenvalue weighted by atomic mass is 16.2. The lowest BCUT2D eigenvalue weighted by molar-refractivity contribution is -0.121. The lowest BCUT2D eigenvalue weighted by Gasteiger charge is -2.05. The molecule has 0 saturated heterocycles. The predicted molar refractivity (Wildman–Crippen MR) is 64.0 cm³/mol. The molecule has 2 amide bonds. The van der Waals surface area contributed by atoms with Crippen molar-refractivity contribution in [3.8, 4) is 0 Å². The number of nitrogens with one attached hydrogen (secondary N) is 2. The normalized spacial score (nSPS) is 9.71. The van der Waals surface area contributed by atoms with Crippen LogP contribution in [0.3, 0.4) is 0 Å². The van der Waals surface area contributed by atoms with Crippen LogP contribution in [0.2, 0.25) is 0 Å². The first kappa shape index (κ1) is 13.0. The van der Waals surface area contributed by atoms with E-state index >= 15 is 0 Å². The number of hydrogen-bond donors (Lipinski definition) is 3. The van der Waals surface area contributed by atoms with Gasteiger partial charge in [0.1, 0.15) is 0 Å². The van der Waals surface area contributed by atoms with Gasteiger partial charge in [0.15, 0.2) is 0 Å². The molecule has 0 unspecified atom stereocenters. The van der Waals surface area contributed by atoms with Crippen LogP contribution in [-0.2, 0) is 16.0 Å². The maximum atomic E-state index is 11.4. The molecule has 17 heavy (non-hydrogen) atoms. The molecule has 0 bridgehead atoms. The summed E-state index contributed by atoms with van der Waals surface area (Å²) in [5.74, 6) is -0.243. The zero-order chi connectivity index (χ0) is 12.7. The van der Waals surface area contributed by atoms with Crippen molar-refractivity contribution in [2.75, 3.05) is 18.8 Å². The topological polar surface area (TPSA) is 97.1 Å². The minimum absolute atomic E-state index is 0.112. The lowest BCUT2D eigenvalue weighted by atomic mass is 10.2. The van der Waals surface area contributed by atoms with Gasteiger partial charge in [0.05, 0.1) is 18.3 Å². The molecule has 6 nitrogen and oxygen atoms in total. The molecular weight excluding hydrogens is 220 g/mol. The zero-order valence-electron chi connectivity index (χ0n) is 9.69. The first-order chi connectivity index (χ1) is 8.08. The van der Waals surface area contributed by atoms with Crippen LogP contribution in [0.5, 0.6) is 0 Å². The van der Waals surface area contributed by atoms with E-state index in [0.29, 0.717) is 24.5 Å². The summed E-state index contributed by atoms with van der Waals surface area (Å²) in [5.41, 5.74) is 6.71. The Morgan fingerprint density at radius 1 is 1.29 bits per heavy atom. The fourth-order valence-electron chi connectivity index (χ4n) is 1.21. The first-order valence-electron chi connectivity index (χ1n) is 5.29. The molecular formula is C11H16N4O2.